The minimum absolute atomic E-state index is 0.209. The molecule has 4 aromatic rings. The van der Waals surface area contributed by atoms with Crippen molar-refractivity contribution < 1.29 is 45.1 Å². The van der Waals surface area contributed by atoms with Crippen molar-refractivity contribution in [3.8, 4) is 0 Å². The molecule has 3 amide bonds. The Labute approximate surface area is 282 Å². The Bertz CT molecular complexity index is 1860. The van der Waals surface area contributed by atoms with Crippen LogP contribution in [0.15, 0.2) is 83.4 Å². The topological polar surface area (TPSA) is 87.3 Å². The van der Waals surface area contributed by atoms with Crippen LogP contribution in [0, 0.1) is 23.3 Å². The maximum absolute atomic E-state index is 14.2. The lowest BCUT2D eigenvalue weighted by Gasteiger charge is -2.16. The average Bonchev–Trinajstić information content (AvgIpc) is 3.03. The van der Waals surface area contributed by atoms with Gasteiger partial charge in [0.05, 0.1) is 5.25 Å². The van der Waals surface area contributed by atoms with Gasteiger partial charge in [-0.2, -0.15) is 13.2 Å². The van der Waals surface area contributed by atoms with Crippen LogP contribution in [0.25, 0.3) is 6.08 Å². The fourth-order valence-corrected chi connectivity index (χ4v) is 5.40. The summed E-state index contributed by atoms with van der Waals surface area (Å²) in [4.78, 5) is 39.1. The zero-order valence-corrected chi connectivity index (χ0v) is 26.4. The van der Waals surface area contributed by atoms with Gasteiger partial charge in [0.25, 0.3) is 11.8 Å². The van der Waals surface area contributed by atoms with E-state index in [-0.39, 0.29) is 32.6 Å². The standard InChI is InChI=1S/C32H20Cl2F7N3O3S/c1-15(29(45)44-28-26(37)24(35)23(32(39,40)41)25(36)27(28)38)48-18-12-10-17(11-13-18)42-31(47)22(14-19-20(33)8-5-9-21(19)34)43-30(46)16-6-3-2-4-7-16/h2-15H,1H3,(H,42,47)(H,43,46)(H,44,45)/b22-14-. The zero-order chi connectivity index (χ0) is 35.3. The van der Waals surface area contributed by atoms with Crippen molar-refractivity contribution in [2.75, 3.05) is 10.6 Å². The molecule has 0 aromatic heterocycles. The summed E-state index contributed by atoms with van der Waals surface area (Å²) in [6.07, 6.45) is -4.43. The Hall–Kier alpha value is -4.53. The molecule has 250 valence electrons. The van der Waals surface area contributed by atoms with Crippen LogP contribution in [0.5, 0.6) is 0 Å². The van der Waals surface area contributed by atoms with E-state index in [1.54, 1.807) is 41.7 Å². The molecule has 0 radical (unpaired) electrons. The molecule has 48 heavy (non-hydrogen) atoms. The number of anilines is 2. The van der Waals surface area contributed by atoms with E-state index in [1.807, 2.05) is 0 Å². The molecule has 1 atom stereocenters. The van der Waals surface area contributed by atoms with Gasteiger partial charge in [0.15, 0.2) is 23.3 Å². The van der Waals surface area contributed by atoms with Crippen molar-refractivity contribution in [2.45, 2.75) is 23.2 Å². The number of hydrogen-bond donors (Lipinski definition) is 3. The van der Waals surface area contributed by atoms with Gasteiger partial charge in [-0.3, -0.25) is 14.4 Å². The highest BCUT2D eigenvalue weighted by Gasteiger charge is 2.42. The summed E-state index contributed by atoms with van der Waals surface area (Å²) in [6, 6.07) is 18.5. The second kappa shape index (κ2) is 15.1. The summed E-state index contributed by atoms with van der Waals surface area (Å²) in [6.45, 7) is 1.26. The van der Waals surface area contributed by atoms with E-state index in [4.69, 9.17) is 23.2 Å². The molecule has 0 saturated heterocycles. The molecule has 6 nitrogen and oxygen atoms in total. The molecule has 1 unspecified atom stereocenters. The molecular formula is C32H20Cl2F7N3O3S. The number of carbonyl (C=O) groups excluding carboxylic acids is 3. The number of alkyl halides is 3. The third-order valence-corrected chi connectivity index (χ3v) is 8.18. The van der Waals surface area contributed by atoms with E-state index in [2.05, 4.69) is 10.6 Å². The first-order valence-corrected chi connectivity index (χ1v) is 15.1. The van der Waals surface area contributed by atoms with Crippen LogP contribution in [0.4, 0.5) is 42.1 Å². The van der Waals surface area contributed by atoms with Crippen molar-refractivity contribution in [2.24, 2.45) is 0 Å². The van der Waals surface area contributed by atoms with Crippen LogP contribution in [-0.2, 0) is 15.8 Å². The molecule has 0 heterocycles. The second-order valence-electron chi connectivity index (χ2n) is 9.75. The first-order valence-electron chi connectivity index (χ1n) is 13.4. The van der Waals surface area contributed by atoms with Crippen molar-refractivity contribution in [1.82, 2.24) is 5.32 Å². The number of nitrogens with one attached hydrogen (secondary N) is 3. The Kier molecular flexibility index (Phi) is 11.4. The Morgan fingerprint density at radius 2 is 1.33 bits per heavy atom. The number of hydrogen-bond acceptors (Lipinski definition) is 4. The summed E-state index contributed by atoms with van der Waals surface area (Å²) in [7, 11) is 0. The average molecular weight is 730 g/mol. The molecule has 4 rings (SSSR count). The van der Waals surface area contributed by atoms with E-state index in [0.29, 0.717) is 4.90 Å². The highest BCUT2D eigenvalue weighted by Crippen LogP contribution is 2.39. The number of carbonyl (C=O) groups is 3. The van der Waals surface area contributed by atoms with Crippen molar-refractivity contribution >= 4 is 70.1 Å². The maximum atomic E-state index is 14.2. The van der Waals surface area contributed by atoms with Crippen molar-refractivity contribution in [3.63, 3.8) is 0 Å². The quantitative estimate of drug-likeness (QED) is 0.0695. The first-order chi connectivity index (χ1) is 22.6. The molecular weight excluding hydrogens is 710 g/mol. The highest BCUT2D eigenvalue weighted by atomic mass is 35.5. The fourth-order valence-electron chi connectivity index (χ4n) is 4.02. The molecule has 0 aliphatic heterocycles. The van der Waals surface area contributed by atoms with E-state index in [9.17, 15) is 45.1 Å². The molecule has 0 bridgehead atoms. The lowest BCUT2D eigenvalue weighted by Crippen LogP contribution is -2.30. The molecule has 16 heteroatoms. The van der Waals surface area contributed by atoms with Crippen molar-refractivity contribution in [3.05, 3.63) is 128 Å². The predicted octanol–water partition coefficient (Wildman–Crippen LogP) is 9.10. The smallest absolute Gasteiger partial charge is 0.321 e. The van der Waals surface area contributed by atoms with Gasteiger partial charge in [-0.1, -0.05) is 47.5 Å². The van der Waals surface area contributed by atoms with Gasteiger partial charge in [0.1, 0.15) is 16.9 Å². The number of amides is 3. The monoisotopic (exact) mass is 729 g/mol. The zero-order valence-electron chi connectivity index (χ0n) is 24.1. The van der Waals surface area contributed by atoms with Gasteiger partial charge in [0, 0.05) is 31.8 Å². The van der Waals surface area contributed by atoms with Crippen molar-refractivity contribution in [1.29, 1.82) is 0 Å². The molecule has 0 fully saturated rings. The van der Waals surface area contributed by atoms with Gasteiger partial charge in [-0.15, -0.1) is 11.8 Å². The van der Waals surface area contributed by atoms with Gasteiger partial charge >= 0.3 is 6.18 Å². The van der Waals surface area contributed by atoms with Gasteiger partial charge in [-0.05, 0) is 61.5 Å². The highest BCUT2D eigenvalue weighted by molar-refractivity contribution is 8.00. The predicted molar refractivity (Wildman–Crippen MR) is 169 cm³/mol. The summed E-state index contributed by atoms with van der Waals surface area (Å²) >= 11 is 13.3. The number of halogens is 9. The SMILES string of the molecule is CC(Sc1ccc(NC(=O)/C(=C/c2c(Cl)cccc2Cl)NC(=O)c2ccccc2)cc1)C(=O)Nc1c(F)c(F)c(C(F)(F)F)c(F)c1F. The minimum Gasteiger partial charge on any atom is -0.321 e. The maximum Gasteiger partial charge on any atom is 0.422 e. The minimum atomic E-state index is -5.73. The second-order valence-corrected chi connectivity index (χ2v) is 12.0. The van der Waals surface area contributed by atoms with E-state index in [1.165, 1.54) is 49.4 Å². The van der Waals surface area contributed by atoms with Crippen LogP contribution in [0.1, 0.15) is 28.4 Å². The van der Waals surface area contributed by atoms with E-state index >= 15 is 0 Å². The third-order valence-electron chi connectivity index (χ3n) is 6.41. The number of thioether (sulfide) groups is 1. The van der Waals surface area contributed by atoms with Crippen LogP contribution in [-0.4, -0.2) is 23.0 Å². The largest absolute Gasteiger partial charge is 0.422 e. The fraction of sp³-hybridized carbons (Fsp3) is 0.0938. The Morgan fingerprint density at radius 1 is 0.771 bits per heavy atom. The Morgan fingerprint density at radius 3 is 1.88 bits per heavy atom. The Balaban J connectivity index is 1.48. The van der Waals surface area contributed by atoms with Gasteiger partial charge in [-0.25, -0.2) is 17.6 Å². The van der Waals surface area contributed by atoms with Gasteiger partial charge in [0.2, 0.25) is 5.91 Å². The molecule has 0 aliphatic rings. The van der Waals surface area contributed by atoms with Gasteiger partial charge < -0.3 is 16.0 Å². The number of benzene rings is 4. The summed E-state index contributed by atoms with van der Waals surface area (Å²) in [5, 5.41) is 5.97. The summed E-state index contributed by atoms with van der Waals surface area (Å²) < 4.78 is 94.9. The lowest BCUT2D eigenvalue weighted by molar-refractivity contribution is -0.143. The van der Waals surface area contributed by atoms with E-state index in [0.717, 1.165) is 11.8 Å². The third kappa shape index (κ3) is 8.48. The molecule has 3 N–H and O–H groups in total. The number of rotatable bonds is 9. The van der Waals surface area contributed by atoms with Crippen LogP contribution >= 0.6 is 35.0 Å². The van der Waals surface area contributed by atoms with Crippen LogP contribution in [0.3, 0.4) is 0 Å². The molecule has 0 saturated carbocycles. The lowest BCUT2D eigenvalue weighted by atomic mass is 10.1. The van der Waals surface area contributed by atoms with Crippen LogP contribution < -0.4 is 16.0 Å². The molecule has 0 aliphatic carbocycles. The summed E-state index contributed by atoms with van der Waals surface area (Å²) in [5.74, 6) is -12.8. The van der Waals surface area contributed by atoms with E-state index < -0.39 is 63.7 Å². The molecule has 4 aromatic carbocycles. The van der Waals surface area contributed by atoms with Crippen LogP contribution in [0.2, 0.25) is 10.0 Å². The normalized spacial score (nSPS) is 12.3. The molecule has 0 spiro atoms. The summed E-state index contributed by atoms with van der Waals surface area (Å²) in [5.41, 5.74) is -3.93. The first kappa shape index (κ1) is 36.3.